The van der Waals surface area contributed by atoms with Crippen molar-refractivity contribution in [2.45, 2.75) is 0 Å². The van der Waals surface area contributed by atoms with Gasteiger partial charge >= 0.3 is 0 Å². The van der Waals surface area contributed by atoms with E-state index in [2.05, 4.69) is 13.7 Å². The van der Waals surface area contributed by atoms with Gasteiger partial charge < -0.3 is 4.98 Å². The van der Waals surface area contributed by atoms with E-state index < -0.39 is 0 Å². The number of rotatable bonds is 1. The number of aromatic nitrogens is 4. The van der Waals surface area contributed by atoms with Crippen molar-refractivity contribution in [3.05, 3.63) is 45.1 Å². The van der Waals surface area contributed by atoms with Crippen molar-refractivity contribution in [1.82, 2.24) is 18.3 Å². The van der Waals surface area contributed by atoms with Crippen LogP contribution in [0.3, 0.4) is 0 Å². The number of imidazole rings is 1. The highest BCUT2D eigenvalue weighted by molar-refractivity contribution is 7.71. The van der Waals surface area contributed by atoms with E-state index in [1.807, 2.05) is 28.8 Å². The summed E-state index contributed by atoms with van der Waals surface area (Å²) in [6.07, 6.45) is 0. The molecular weight excluding hydrogens is 347 g/mol. The number of nitrogens with one attached hydrogen (secondary N) is 1. The first-order chi connectivity index (χ1) is 10.2. The summed E-state index contributed by atoms with van der Waals surface area (Å²) >= 11 is 19.1. The highest BCUT2D eigenvalue weighted by atomic mass is 35.5. The molecule has 2 aromatic carbocycles. The zero-order chi connectivity index (χ0) is 14.6. The quantitative estimate of drug-likeness (QED) is 0.490. The number of hydrogen-bond acceptors (Lipinski definition) is 4. The topological polar surface area (TPSA) is 46.5 Å². The minimum Gasteiger partial charge on any atom is -0.330 e. The molecule has 21 heavy (non-hydrogen) atoms. The Morgan fingerprint density at radius 3 is 2.71 bits per heavy atom. The van der Waals surface area contributed by atoms with Crippen molar-refractivity contribution in [1.29, 1.82) is 0 Å². The Morgan fingerprint density at radius 2 is 1.86 bits per heavy atom. The van der Waals surface area contributed by atoms with Crippen molar-refractivity contribution in [3.63, 3.8) is 0 Å². The number of hydrogen-bond donors (Lipinski definition) is 1. The van der Waals surface area contributed by atoms with Crippen LogP contribution in [0.25, 0.3) is 27.8 Å². The fraction of sp³-hybridized carbons (Fsp3) is 0. The second-order valence-corrected chi connectivity index (χ2v) is 6.16. The number of benzene rings is 2. The number of nitrogens with zero attached hydrogens (tertiary/aromatic N) is 3. The molecule has 0 bridgehead atoms. The Bertz CT molecular complexity index is 1050. The van der Waals surface area contributed by atoms with Crippen LogP contribution >= 0.6 is 47.1 Å². The van der Waals surface area contributed by atoms with Gasteiger partial charge in [-0.2, -0.15) is 8.75 Å². The van der Waals surface area contributed by atoms with Gasteiger partial charge in [0.2, 0.25) is 0 Å². The molecule has 104 valence electrons. The number of halogens is 2. The second-order valence-electron chi connectivity index (χ2n) is 4.43. The minimum atomic E-state index is 0.485. The SMILES string of the molecule is S=c1[nH]c2ccccc2n1-c1c(Cl)cc(Cl)c2nsnc12. The van der Waals surface area contributed by atoms with Crippen molar-refractivity contribution in [2.75, 3.05) is 0 Å². The van der Waals surface area contributed by atoms with E-state index in [0.29, 0.717) is 31.5 Å². The number of aromatic amines is 1. The minimum absolute atomic E-state index is 0.485. The number of fused-ring (bicyclic) bond motifs is 2. The van der Waals surface area contributed by atoms with E-state index >= 15 is 0 Å². The van der Waals surface area contributed by atoms with E-state index in [9.17, 15) is 0 Å². The predicted octanol–water partition coefficient (Wildman–Crippen LogP) is 5.00. The van der Waals surface area contributed by atoms with Gasteiger partial charge in [0.15, 0.2) is 4.77 Å². The Morgan fingerprint density at radius 1 is 1.10 bits per heavy atom. The van der Waals surface area contributed by atoms with Crippen LogP contribution in [0.15, 0.2) is 30.3 Å². The third-order valence-corrected chi connectivity index (χ3v) is 4.62. The molecule has 1 N–H and O–H groups in total. The molecule has 0 amide bonds. The lowest BCUT2D eigenvalue weighted by Crippen LogP contribution is -1.97. The zero-order valence-electron chi connectivity index (χ0n) is 10.3. The first-order valence-corrected chi connectivity index (χ1v) is 7.86. The smallest absolute Gasteiger partial charge is 0.182 e. The summed E-state index contributed by atoms with van der Waals surface area (Å²) in [6.45, 7) is 0. The summed E-state index contributed by atoms with van der Waals surface area (Å²) in [4.78, 5) is 3.17. The summed E-state index contributed by atoms with van der Waals surface area (Å²) in [7, 11) is 0. The molecule has 0 aliphatic rings. The maximum Gasteiger partial charge on any atom is 0.182 e. The van der Waals surface area contributed by atoms with Crippen LogP contribution in [0.5, 0.6) is 0 Å². The van der Waals surface area contributed by atoms with Crippen LogP contribution in [-0.2, 0) is 0 Å². The van der Waals surface area contributed by atoms with Crippen LogP contribution in [0.2, 0.25) is 10.0 Å². The molecule has 0 radical (unpaired) electrons. The van der Waals surface area contributed by atoms with Crippen molar-refractivity contribution >= 4 is 69.2 Å². The highest BCUT2D eigenvalue weighted by Crippen LogP contribution is 2.35. The van der Waals surface area contributed by atoms with Gasteiger partial charge in [-0.05, 0) is 30.4 Å². The third kappa shape index (κ3) is 1.91. The van der Waals surface area contributed by atoms with Gasteiger partial charge in [0.25, 0.3) is 0 Å². The Kier molecular flexibility index (Phi) is 3.00. The molecule has 0 aliphatic heterocycles. The van der Waals surface area contributed by atoms with Crippen molar-refractivity contribution < 1.29 is 0 Å². The standard InChI is InChI=1S/C13H6Cl2N4S2/c14-6-5-7(15)12(11-10(6)17-21-18-11)19-9-4-2-1-3-8(9)16-13(19)20/h1-5H,(H,16,20). The molecule has 2 heterocycles. The lowest BCUT2D eigenvalue weighted by atomic mass is 10.2. The summed E-state index contributed by atoms with van der Waals surface area (Å²) in [5, 5.41) is 0.972. The molecule has 2 aromatic heterocycles. The van der Waals surface area contributed by atoms with Crippen LogP contribution in [0, 0.1) is 4.77 Å². The Labute approximate surface area is 138 Å². The van der Waals surface area contributed by atoms with E-state index in [1.54, 1.807) is 6.07 Å². The van der Waals surface area contributed by atoms with Crippen LogP contribution in [-0.4, -0.2) is 18.3 Å². The molecule has 4 aromatic rings. The van der Waals surface area contributed by atoms with E-state index in [-0.39, 0.29) is 0 Å². The van der Waals surface area contributed by atoms with E-state index in [0.717, 1.165) is 22.8 Å². The molecule has 4 rings (SSSR count). The van der Waals surface area contributed by atoms with E-state index in [4.69, 9.17) is 35.4 Å². The normalized spacial score (nSPS) is 11.5. The van der Waals surface area contributed by atoms with Gasteiger partial charge in [0, 0.05) is 0 Å². The maximum absolute atomic E-state index is 6.40. The zero-order valence-corrected chi connectivity index (χ0v) is 13.4. The molecule has 8 heteroatoms. The first kappa shape index (κ1) is 13.2. The molecule has 0 fully saturated rings. The third-order valence-electron chi connectivity index (χ3n) is 3.23. The van der Waals surface area contributed by atoms with E-state index in [1.165, 1.54) is 0 Å². The molecule has 0 unspecified atom stereocenters. The van der Waals surface area contributed by atoms with Gasteiger partial charge in [-0.1, -0.05) is 35.3 Å². The molecule has 0 saturated heterocycles. The largest absolute Gasteiger partial charge is 0.330 e. The van der Waals surface area contributed by atoms with Gasteiger partial charge in [0.1, 0.15) is 11.0 Å². The predicted molar refractivity (Wildman–Crippen MR) is 89.5 cm³/mol. The molecule has 0 saturated carbocycles. The molecule has 0 spiro atoms. The summed E-state index contributed by atoms with van der Waals surface area (Å²) in [5.41, 5.74) is 3.85. The number of H-pyrrole nitrogens is 1. The first-order valence-electron chi connectivity index (χ1n) is 5.97. The van der Waals surface area contributed by atoms with Crippen LogP contribution < -0.4 is 0 Å². The van der Waals surface area contributed by atoms with Gasteiger partial charge in [-0.3, -0.25) is 4.57 Å². The molecule has 4 nitrogen and oxygen atoms in total. The monoisotopic (exact) mass is 352 g/mol. The Balaban J connectivity index is 2.22. The maximum atomic E-state index is 6.40. The second kappa shape index (κ2) is 4.78. The molecular formula is C13H6Cl2N4S2. The van der Waals surface area contributed by atoms with Crippen molar-refractivity contribution in [3.8, 4) is 5.69 Å². The summed E-state index contributed by atoms with van der Waals surface area (Å²) in [6, 6.07) is 9.50. The fourth-order valence-corrected chi connectivity index (χ4v) is 3.84. The number of para-hydroxylation sites is 2. The van der Waals surface area contributed by atoms with Crippen LogP contribution in [0.1, 0.15) is 0 Å². The van der Waals surface area contributed by atoms with Crippen LogP contribution in [0.4, 0.5) is 0 Å². The highest BCUT2D eigenvalue weighted by Gasteiger charge is 2.18. The lowest BCUT2D eigenvalue weighted by Gasteiger charge is -2.08. The van der Waals surface area contributed by atoms with Gasteiger partial charge in [0.05, 0.1) is 38.5 Å². The molecule has 0 atom stereocenters. The van der Waals surface area contributed by atoms with Gasteiger partial charge in [-0.25, -0.2) is 0 Å². The van der Waals surface area contributed by atoms with Crippen molar-refractivity contribution in [2.24, 2.45) is 0 Å². The average Bonchev–Trinajstić information content (AvgIpc) is 3.04. The summed E-state index contributed by atoms with van der Waals surface area (Å²) in [5.74, 6) is 0. The Hall–Kier alpha value is -1.47. The lowest BCUT2D eigenvalue weighted by molar-refractivity contribution is 1.07. The van der Waals surface area contributed by atoms with Gasteiger partial charge in [-0.15, -0.1) is 0 Å². The summed E-state index contributed by atoms with van der Waals surface area (Å²) < 4.78 is 11.0. The average molecular weight is 353 g/mol. The molecule has 0 aliphatic carbocycles. The fourth-order valence-electron chi connectivity index (χ4n) is 2.35.